The summed E-state index contributed by atoms with van der Waals surface area (Å²) in [4.78, 5) is 26.4. The fourth-order valence-electron chi connectivity index (χ4n) is 2.85. The van der Waals surface area contributed by atoms with E-state index in [9.17, 15) is 4.79 Å². The predicted molar refractivity (Wildman–Crippen MR) is 78.8 cm³/mol. The number of carbonyl (C=O) groups excluding carboxylic acids is 1. The fourth-order valence-corrected chi connectivity index (χ4v) is 2.85. The predicted octanol–water partition coefficient (Wildman–Crippen LogP) is 2.16. The maximum atomic E-state index is 12.8. The van der Waals surface area contributed by atoms with Crippen molar-refractivity contribution in [1.29, 1.82) is 0 Å². The molecule has 2 aromatic heterocycles. The van der Waals surface area contributed by atoms with Crippen LogP contribution in [0.1, 0.15) is 21.7 Å². The van der Waals surface area contributed by atoms with Crippen molar-refractivity contribution in [2.24, 2.45) is 0 Å². The van der Waals surface area contributed by atoms with Crippen LogP contribution >= 0.6 is 0 Å². The second-order valence-electron chi connectivity index (χ2n) is 5.18. The van der Waals surface area contributed by atoms with Crippen molar-refractivity contribution >= 4 is 16.8 Å². The Morgan fingerprint density at radius 1 is 1.19 bits per heavy atom. The first kappa shape index (κ1) is 12.1. The normalized spacial score (nSPS) is 14.2. The summed E-state index contributed by atoms with van der Waals surface area (Å²) in [6, 6.07) is 9.49. The van der Waals surface area contributed by atoms with Crippen LogP contribution in [0.4, 0.5) is 0 Å². The van der Waals surface area contributed by atoms with Gasteiger partial charge in [0.2, 0.25) is 0 Å². The molecule has 0 unspecified atom stereocenters. The molecule has 0 saturated carbocycles. The van der Waals surface area contributed by atoms with E-state index in [2.05, 4.69) is 15.0 Å². The summed E-state index contributed by atoms with van der Waals surface area (Å²) >= 11 is 0. The highest BCUT2D eigenvalue weighted by Gasteiger charge is 2.24. The molecule has 0 spiro atoms. The minimum absolute atomic E-state index is 0.0499. The third kappa shape index (κ3) is 1.98. The maximum Gasteiger partial charge on any atom is 0.254 e. The lowest BCUT2D eigenvalue weighted by molar-refractivity contribution is 0.0734. The number of rotatable bonds is 1. The third-order valence-electron chi connectivity index (χ3n) is 3.94. The number of nitrogens with one attached hydrogen (secondary N) is 1. The zero-order valence-corrected chi connectivity index (χ0v) is 11.4. The van der Waals surface area contributed by atoms with Gasteiger partial charge >= 0.3 is 0 Å². The average molecular weight is 278 g/mol. The van der Waals surface area contributed by atoms with Gasteiger partial charge in [-0.2, -0.15) is 0 Å². The van der Waals surface area contributed by atoms with Crippen molar-refractivity contribution in [2.45, 2.75) is 13.0 Å². The largest absolute Gasteiger partial charge is 0.347 e. The van der Waals surface area contributed by atoms with Crippen LogP contribution in [-0.2, 0) is 13.0 Å². The van der Waals surface area contributed by atoms with Crippen LogP contribution in [0.15, 0.2) is 42.9 Å². The highest BCUT2D eigenvalue weighted by molar-refractivity contribution is 6.06. The topological polar surface area (TPSA) is 61.9 Å². The van der Waals surface area contributed by atoms with Gasteiger partial charge < -0.3 is 9.88 Å². The number of aromatic amines is 1. The lowest BCUT2D eigenvalue weighted by Crippen LogP contribution is -2.36. The SMILES string of the molecule is O=C(c1cccc2ncccc12)N1CCc2nc[nH]c2C1. The van der Waals surface area contributed by atoms with E-state index >= 15 is 0 Å². The van der Waals surface area contributed by atoms with Gasteiger partial charge in [-0.1, -0.05) is 12.1 Å². The molecule has 0 bridgehead atoms. The summed E-state index contributed by atoms with van der Waals surface area (Å²) in [5.41, 5.74) is 3.66. The molecule has 1 aliphatic rings. The Hall–Kier alpha value is -2.69. The summed E-state index contributed by atoms with van der Waals surface area (Å²) in [6.45, 7) is 1.29. The van der Waals surface area contributed by atoms with E-state index in [1.165, 1.54) is 0 Å². The van der Waals surface area contributed by atoms with E-state index in [1.54, 1.807) is 12.5 Å². The zero-order valence-electron chi connectivity index (χ0n) is 11.4. The van der Waals surface area contributed by atoms with Gasteiger partial charge in [0.05, 0.1) is 29.8 Å². The van der Waals surface area contributed by atoms with Crippen molar-refractivity contribution in [3.05, 3.63) is 59.8 Å². The molecular weight excluding hydrogens is 264 g/mol. The van der Waals surface area contributed by atoms with Crippen LogP contribution in [0, 0.1) is 0 Å². The molecule has 0 radical (unpaired) electrons. The Bertz CT molecular complexity index is 819. The number of pyridine rings is 1. The molecular formula is C16H14N4O. The van der Waals surface area contributed by atoms with Crippen LogP contribution in [0.5, 0.6) is 0 Å². The second-order valence-corrected chi connectivity index (χ2v) is 5.18. The quantitative estimate of drug-likeness (QED) is 0.742. The van der Waals surface area contributed by atoms with Gasteiger partial charge in [-0.3, -0.25) is 9.78 Å². The molecule has 0 atom stereocenters. The standard InChI is InChI=1S/C16H14N4O/c21-16(20-8-6-14-15(9-20)19-10-18-14)12-3-1-5-13-11(12)4-2-7-17-13/h1-5,7,10H,6,8-9H2,(H,18,19). The molecule has 0 aliphatic carbocycles. The van der Waals surface area contributed by atoms with E-state index in [1.807, 2.05) is 35.2 Å². The molecule has 1 aromatic carbocycles. The number of hydrogen-bond donors (Lipinski definition) is 1. The second kappa shape index (κ2) is 4.70. The Morgan fingerprint density at radius 2 is 2.14 bits per heavy atom. The van der Waals surface area contributed by atoms with Crippen molar-refractivity contribution < 1.29 is 4.79 Å². The van der Waals surface area contributed by atoms with Gasteiger partial charge in [0.1, 0.15) is 0 Å². The number of hydrogen-bond acceptors (Lipinski definition) is 3. The van der Waals surface area contributed by atoms with E-state index < -0.39 is 0 Å². The van der Waals surface area contributed by atoms with Crippen LogP contribution in [-0.4, -0.2) is 32.3 Å². The van der Waals surface area contributed by atoms with Crippen molar-refractivity contribution in [2.75, 3.05) is 6.54 Å². The summed E-state index contributed by atoms with van der Waals surface area (Å²) in [5, 5.41) is 0.903. The highest BCUT2D eigenvalue weighted by atomic mass is 16.2. The molecule has 1 aliphatic heterocycles. The van der Waals surface area contributed by atoms with E-state index in [0.29, 0.717) is 18.7 Å². The van der Waals surface area contributed by atoms with Gasteiger partial charge in [0.15, 0.2) is 0 Å². The first-order valence-corrected chi connectivity index (χ1v) is 6.97. The van der Waals surface area contributed by atoms with Gasteiger partial charge in [-0.05, 0) is 18.2 Å². The maximum absolute atomic E-state index is 12.8. The summed E-state index contributed by atoms with van der Waals surface area (Å²) < 4.78 is 0. The fraction of sp³-hybridized carbons (Fsp3) is 0.188. The Kier molecular flexibility index (Phi) is 2.70. The number of H-pyrrole nitrogens is 1. The minimum Gasteiger partial charge on any atom is -0.347 e. The first-order valence-electron chi connectivity index (χ1n) is 6.97. The van der Waals surface area contributed by atoms with Crippen LogP contribution in [0.25, 0.3) is 10.9 Å². The minimum atomic E-state index is 0.0499. The number of imidazole rings is 1. The monoisotopic (exact) mass is 278 g/mol. The molecule has 21 heavy (non-hydrogen) atoms. The van der Waals surface area contributed by atoms with Crippen molar-refractivity contribution in [3.63, 3.8) is 0 Å². The molecule has 104 valence electrons. The Balaban J connectivity index is 1.71. The number of benzene rings is 1. The van der Waals surface area contributed by atoms with Crippen LogP contribution < -0.4 is 0 Å². The molecule has 3 heterocycles. The van der Waals surface area contributed by atoms with E-state index in [4.69, 9.17) is 0 Å². The summed E-state index contributed by atoms with van der Waals surface area (Å²) in [6.07, 6.45) is 4.24. The number of carbonyl (C=O) groups is 1. The lowest BCUT2D eigenvalue weighted by atomic mass is 10.1. The number of fused-ring (bicyclic) bond motifs is 2. The van der Waals surface area contributed by atoms with Crippen LogP contribution in [0.2, 0.25) is 0 Å². The molecule has 1 N–H and O–H groups in total. The summed E-state index contributed by atoms with van der Waals surface area (Å²) in [5.74, 6) is 0.0499. The number of aromatic nitrogens is 3. The Morgan fingerprint density at radius 3 is 3.10 bits per heavy atom. The van der Waals surface area contributed by atoms with E-state index in [-0.39, 0.29) is 5.91 Å². The number of nitrogens with zero attached hydrogens (tertiary/aromatic N) is 3. The highest BCUT2D eigenvalue weighted by Crippen LogP contribution is 2.21. The molecule has 0 fully saturated rings. The van der Waals surface area contributed by atoms with Gasteiger partial charge in [-0.15, -0.1) is 0 Å². The van der Waals surface area contributed by atoms with Gasteiger partial charge in [-0.25, -0.2) is 4.98 Å². The van der Waals surface area contributed by atoms with Gasteiger partial charge in [0, 0.05) is 30.1 Å². The smallest absolute Gasteiger partial charge is 0.254 e. The molecule has 3 aromatic rings. The third-order valence-corrected chi connectivity index (χ3v) is 3.94. The van der Waals surface area contributed by atoms with Crippen molar-refractivity contribution in [1.82, 2.24) is 19.9 Å². The first-order chi connectivity index (χ1) is 10.3. The molecule has 0 saturated heterocycles. The summed E-state index contributed by atoms with van der Waals surface area (Å²) in [7, 11) is 0. The molecule has 5 nitrogen and oxygen atoms in total. The van der Waals surface area contributed by atoms with Crippen LogP contribution in [0.3, 0.4) is 0 Å². The van der Waals surface area contributed by atoms with Crippen molar-refractivity contribution in [3.8, 4) is 0 Å². The van der Waals surface area contributed by atoms with E-state index in [0.717, 1.165) is 28.7 Å². The molecule has 5 heteroatoms. The van der Waals surface area contributed by atoms with Gasteiger partial charge in [0.25, 0.3) is 5.91 Å². The average Bonchev–Trinajstić information content (AvgIpc) is 3.01. The Labute approximate surface area is 121 Å². The number of amides is 1. The zero-order chi connectivity index (χ0) is 14.2. The lowest BCUT2D eigenvalue weighted by Gasteiger charge is -2.26. The molecule has 1 amide bonds. The molecule has 4 rings (SSSR count).